The molecule has 62 valence electrons. The Morgan fingerprint density at radius 1 is 1.45 bits per heavy atom. The zero-order chi connectivity index (χ0) is 7.68. The fraction of sp³-hybridized carbons (Fsp3) is 0.875. The van der Waals surface area contributed by atoms with Crippen molar-refractivity contribution in [1.29, 1.82) is 0 Å². The van der Waals surface area contributed by atoms with Crippen molar-refractivity contribution in [2.24, 2.45) is 5.92 Å². The standard InChI is InChI=1S/C8H14N2O/c11-6-10-3-1-2-8(10)7-4-9-5-7/h6-9H,1-5H2. The van der Waals surface area contributed by atoms with Gasteiger partial charge in [0.2, 0.25) is 6.41 Å². The molecule has 0 aromatic rings. The first kappa shape index (κ1) is 7.10. The van der Waals surface area contributed by atoms with Crippen molar-refractivity contribution in [3.05, 3.63) is 0 Å². The van der Waals surface area contributed by atoms with Gasteiger partial charge in [0.1, 0.15) is 0 Å². The first-order valence-corrected chi connectivity index (χ1v) is 4.33. The van der Waals surface area contributed by atoms with Crippen molar-refractivity contribution in [2.75, 3.05) is 19.6 Å². The molecule has 0 spiro atoms. The zero-order valence-corrected chi connectivity index (χ0v) is 6.62. The molecule has 0 bridgehead atoms. The van der Waals surface area contributed by atoms with E-state index in [0.29, 0.717) is 6.04 Å². The van der Waals surface area contributed by atoms with Crippen molar-refractivity contribution >= 4 is 6.41 Å². The number of carbonyl (C=O) groups is 1. The minimum absolute atomic E-state index is 0.550. The predicted octanol–water partition coefficient (Wildman–Crippen LogP) is -0.173. The smallest absolute Gasteiger partial charge is 0.209 e. The highest BCUT2D eigenvalue weighted by Crippen LogP contribution is 2.24. The highest BCUT2D eigenvalue weighted by Gasteiger charge is 2.33. The number of amides is 1. The summed E-state index contributed by atoms with van der Waals surface area (Å²) in [5, 5.41) is 3.24. The first-order valence-electron chi connectivity index (χ1n) is 4.33. The maximum atomic E-state index is 10.6. The quantitative estimate of drug-likeness (QED) is 0.560. The third-order valence-corrected chi connectivity index (χ3v) is 2.83. The molecular formula is C8H14N2O. The molecule has 3 heteroatoms. The lowest BCUT2D eigenvalue weighted by Gasteiger charge is -2.36. The highest BCUT2D eigenvalue weighted by molar-refractivity contribution is 5.48. The Morgan fingerprint density at radius 3 is 2.82 bits per heavy atom. The molecule has 1 N–H and O–H groups in total. The second-order valence-corrected chi connectivity index (χ2v) is 3.47. The molecule has 2 saturated heterocycles. The maximum Gasteiger partial charge on any atom is 0.209 e. The van der Waals surface area contributed by atoms with E-state index in [1.54, 1.807) is 0 Å². The summed E-state index contributed by atoms with van der Waals surface area (Å²) >= 11 is 0. The van der Waals surface area contributed by atoms with Crippen LogP contribution in [-0.4, -0.2) is 37.0 Å². The van der Waals surface area contributed by atoms with Crippen molar-refractivity contribution < 1.29 is 4.79 Å². The van der Waals surface area contributed by atoms with Crippen LogP contribution in [0.2, 0.25) is 0 Å². The molecule has 3 nitrogen and oxygen atoms in total. The molecule has 0 aliphatic carbocycles. The summed E-state index contributed by atoms with van der Waals surface area (Å²) in [7, 11) is 0. The van der Waals surface area contributed by atoms with Crippen LogP contribution < -0.4 is 5.32 Å². The molecule has 1 atom stereocenters. The van der Waals surface area contributed by atoms with Crippen molar-refractivity contribution in [3.63, 3.8) is 0 Å². The lowest BCUT2D eigenvalue weighted by molar-refractivity contribution is -0.120. The summed E-state index contributed by atoms with van der Waals surface area (Å²) in [5.41, 5.74) is 0. The molecule has 2 heterocycles. The topological polar surface area (TPSA) is 32.3 Å². The van der Waals surface area contributed by atoms with Gasteiger partial charge in [-0.05, 0) is 12.8 Å². The second-order valence-electron chi connectivity index (χ2n) is 3.47. The van der Waals surface area contributed by atoms with Gasteiger partial charge >= 0.3 is 0 Å². The molecule has 1 amide bonds. The largest absolute Gasteiger partial charge is 0.342 e. The fourth-order valence-corrected chi connectivity index (χ4v) is 2.04. The molecule has 11 heavy (non-hydrogen) atoms. The van der Waals surface area contributed by atoms with E-state index in [9.17, 15) is 4.79 Å². The number of nitrogens with zero attached hydrogens (tertiary/aromatic N) is 1. The number of hydrogen-bond donors (Lipinski definition) is 1. The Balaban J connectivity index is 1.94. The Kier molecular flexibility index (Phi) is 1.82. The van der Waals surface area contributed by atoms with E-state index in [2.05, 4.69) is 5.32 Å². The van der Waals surface area contributed by atoms with E-state index in [4.69, 9.17) is 0 Å². The summed E-state index contributed by atoms with van der Waals surface area (Å²) in [5.74, 6) is 0.739. The molecular weight excluding hydrogens is 140 g/mol. The summed E-state index contributed by atoms with van der Waals surface area (Å²) in [6, 6.07) is 0.550. The van der Waals surface area contributed by atoms with Gasteiger partial charge in [0, 0.05) is 31.6 Å². The summed E-state index contributed by atoms with van der Waals surface area (Å²) in [4.78, 5) is 12.5. The van der Waals surface area contributed by atoms with E-state index in [-0.39, 0.29) is 0 Å². The maximum absolute atomic E-state index is 10.6. The number of rotatable bonds is 2. The summed E-state index contributed by atoms with van der Waals surface area (Å²) in [6.07, 6.45) is 3.42. The SMILES string of the molecule is O=CN1CCCC1C1CNC1. The van der Waals surface area contributed by atoms with Crippen LogP contribution in [0.5, 0.6) is 0 Å². The van der Waals surface area contributed by atoms with Crippen LogP contribution in [0.4, 0.5) is 0 Å². The minimum Gasteiger partial charge on any atom is -0.342 e. The third kappa shape index (κ3) is 1.13. The third-order valence-electron chi connectivity index (χ3n) is 2.83. The van der Waals surface area contributed by atoms with Gasteiger partial charge in [-0.25, -0.2) is 0 Å². The van der Waals surface area contributed by atoms with Gasteiger partial charge in [-0.15, -0.1) is 0 Å². The lowest BCUT2D eigenvalue weighted by atomic mass is 9.92. The molecule has 2 aliphatic heterocycles. The average molecular weight is 154 g/mol. The Morgan fingerprint density at radius 2 is 2.27 bits per heavy atom. The van der Waals surface area contributed by atoms with Gasteiger partial charge in [0.25, 0.3) is 0 Å². The van der Waals surface area contributed by atoms with Crippen molar-refractivity contribution in [2.45, 2.75) is 18.9 Å². The highest BCUT2D eigenvalue weighted by atomic mass is 16.1. The van der Waals surface area contributed by atoms with Crippen molar-refractivity contribution in [1.82, 2.24) is 10.2 Å². The van der Waals surface area contributed by atoms with E-state index < -0.39 is 0 Å². The van der Waals surface area contributed by atoms with Crippen LogP contribution in [0.15, 0.2) is 0 Å². The van der Waals surface area contributed by atoms with Crippen LogP contribution >= 0.6 is 0 Å². The van der Waals surface area contributed by atoms with E-state index in [0.717, 1.165) is 32.0 Å². The molecule has 0 radical (unpaired) electrons. The molecule has 0 aromatic carbocycles. The molecule has 1 unspecified atom stereocenters. The van der Waals surface area contributed by atoms with E-state index >= 15 is 0 Å². The molecule has 0 aromatic heterocycles. The Labute approximate surface area is 66.8 Å². The second kappa shape index (κ2) is 2.81. The van der Waals surface area contributed by atoms with Gasteiger partial charge in [0.15, 0.2) is 0 Å². The normalized spacial score (nSPS) is 32.0. The monoisotopic (exact) mass is 154 g/mol. The first-order chi connectivity index (χ1) is 5.42. The van der Waals surface area contributed by atoms with Crippen LogP contribution in [0.1, 0.15) is 12.8 Å². The number of nitrogens with one attached hydrogen (secondary N) is 1. The summed E-state index contributed by atoms with van der Waals surface area (Å²) < 4.78 is 0. The van der Waals surface area contributed by atoms with Gasteiger partial charge in [-0.2, -0.15) is 0 Å². The molecule has 2 rings (SSSR count). The summed E-state index contributed by atoms with van der Waals surface area (Å²) in [6.45, 7) is 3.19. The molecule has 2 aliphatic rings. The Hall–Kier alpha value is -0.570. The number of likely N-dealkylation sites (tertiary alicyclic amines) is 1. The van der Waals surface area contributed by atoms with E-state index in [1.165, 1.54) is 12.8 Å². The minimum atomic E-state index is 0.550. The van der Waals surface area contributed by atoms with Crippen molar-refractivity contribution in [3.8, 4) is 0 Å². The number of carbonyl (C=O) groups excluding carboxylic acids is 1. The van der Waals surface area contributed by atoms with Crippen LogP contribution in [-0.2, 0) is 4.79 Å². The van der Waals surface area contributed by atoms with Crippen LogP contribution in [0.3, 0.4) is 0 Å². The predicted molar refractivity (Wildman–Crippen MR) is 42.2 cm³/mol. The van der Waals surface area contributed by atoms with Gasteiger partial charge < -0.3 is 10.2 Å². The number of hydrogen-bond acceptors (Lipinski definition) is 2. The fourth-order valence-electron chi connectivity index (χ4n) is 2.04. The molecule has 2 fully saturated rings. The van der Waals surface area contributed by atoms with Gasteiger partial charge in [-0.1, -0.05) is 0 Å². The van der Waals surface area contributed by atoms with E-state index in [1.807, 2.05) is 4.90 Å². The lowest BCUT2D eigenvalue weighted by Crippen LogP contribution is -2.52. The Bertz CT molecular complexity index is 156. The van der Waals surface area contributed by atoms with Crippen LogP contribution in [0.25, 0.3) is 0 Å². The zero-order valence-electron chi connectivity index (χ0n) is 6.62. The molecule has 0 saturated carbocycles. The average Bonchev–Trinajstić information content (AvgIpc) is 2.32. The van der Waals surface area contributed by atoms with Gasteiger partial charge in [0.05, 0.1) is 0 Å². The van der Waals surface area contributed by atoms with Gasteiger partial charge in [-0.3, -0.25) is 4.79 Å². The van der Waals surface area contributed by atoms with Crippen LogP contribution in [0, 0.1) is 5.92 Å².